The number of nitrogens with zero attached hydrogens (tertiary/aromatic N) is 2. The van der Waals surface area contributed by atoms with E-state index in [1.165, 1.54) is 12.1 Å². The number of hydrogen-bond donors (Lipinski definition) is 2. The van der Waals surface area contributed by atoms with Gasteiger partial charge in [-0.15, -0.1) is 0 Å². The average Bonchev–Trinajstić information content (AvgIpc) is 2.59. The zero-order chi connectivity index (χ0) is 14.2. The summed E-state index contributed by atoms with van der Waals surface area (Å²) < 4.78 is 15.5. The lowest BCUT2D eigenvalue weighted by Crippen LogP contribution is -2.12. The van der Waals surface area contributed by atoms with Gasteiger partial charge in [0.1, 0.15) is 5.82 Å². The molecule has 5 nitrogen and oxygen atoms in total. The van der Waals surface area contributed by atoms with Crippen LogP contribution >= 0.6 is 0 Å². The average molecular weight is 262 g/mol. The zero-order valence-electron chi connectivity index (χ0n) is 10.8. The molecule has 4 N–H and O–H groups in total. The first-order chi connectivity index (χ1) is 8.90. The number of halogens is 1. The highest BCUT2D eigenvalue weighted by Crippen LogP contribution is 2.18. The number of aromatic nitrogens is 2. The molecule has 100 valence electrons. The van der Waals surface area contributed by atoms with Crippen LogP contribution in [0.25, 0.3) is 0 Å². The number of carbonyl (C=O) groups excluding carboxylic acids is 1. The van der Waals surface area contributed by atoms with Gasteiger partial charge < -0.3 is 11.5 Å². The van der Waals surface area contributed by atoms with Crippen molar-refractivity contribution in [3.63, 3.8) is 0 Å². The summed E-state index contributed by atoms with van der Waals surface area (Å²) >= 11 is 0. The highest BCUT2D eigenvalue weighted by Gasteiger charge is 2.12. The number of aryl methyl sites for hydroxylation is 1. The van der Waals surface area contributed by atoms with Crippen molar-refractivity contribution in [2.75, 3.05) is 5.73 Å². The number of carbonyl (C=O) groups is 1. The number of hydrogen-bond acceptors (Lipinski definition) is 3. The summed E-state index contributed by atoms with van der Waals surface area (Å²) in [5.74, 6) is -1.14. The molecule has 19 heavy (non-hydrogen) atoms. The fourth-order valence-corrected chi connectivity index (χ4v) is 1.85. The Balaban J connectivity index is 2.33. The SMILES string of the molecule is Cc1nn(Cc2ccc(C(N)=O)cc2F)c(C)c1N. The quantitative estimate of drug-likeness (QED) is 0.875. The molecule has 2 rings (SSSR count). The number of anilines is 1. The third-order valence-corrected chi connectivity index (χ3v) is 3.10. The van der Waals surface area contributed by atoms with Crippen molar-refractivity contribution in [1.82, 2.24) is 9.78 Å². The summed E-state index contributed by atoms with van der Waals surface area (Å²) in [7, 11) is 0. The molecule has 0 bridgehead atoms. The lowest BCUT2D eigenvalue weighted by molar-refractivity contribution is 0.1000. The Morgan fingerprint density at radius 2 is 2.11 bits per heavy atom. The topological polar surface area (TPSA) is 86.9 Å². The molecular weight excluding hydrogens is 247 g/mol. The molecule has 0 radical (unpaired) electrons. The minimum atomic E-state index is -0.652. The smallest absolute Gasteiger partial charge is 0.248 e. The third-order valence-electron chi connectivity index (χ3n) is 3.10. The molecule has 0 aliphatic carbocycles. The first-order valence-electron chi connectivity index (χ1n) is 5.78. The van der Waals surface area contributed by atoms with Gasteiger partial charge in [0.2, 0.25) is 5.91 Å². The van der Waals surface area contributed by atoms with Crippen LogP contribution in [0.3, 0.4) is 0 Å². The largest absolute Gasteiger partial charge is 0.396 e. The number of nitrogen functional groups attached to an aromatic ring is 1. The van der Waals surface area contributed by atoms with Crippen molar-refractivity contribution in [1.29, 1.82) is 0 Å². The van der Waals surface area contributed by atoms with Crippen LogP contribution in [-0.4, -0.2) is 15.7 Å². The first-order valence-corrected chi connectivity index (χ1v) is 5.78. The highest BCUT2D eigenvalue weighted by atomic mass is 19.1. The standard InChI is InChI=1S/C13H15FN4O/c1-7-12(15)8(2)18(17-7)6-10-4-3-9(13(16)19)5-11(10)14/h3-5H,6,15H2,1-2H3,(H2,16,19). The van der Waals surface area contributed by atoms with Crippen molar-refractivity contribution in [3.8, 4) is 0 Å². The van der Waals surface area contributed by atoms with E-state index in [2.05, 4.69) is 5.10 Å². The van der Waals surface area contributed by atoms with E-state index in [1.807, 2.05) is 6.92 Å². The van der Waals surface area contributed by atoms with Crippen molar-refractivity contribution in [3.05, 3.63) is 46.5 Å². The fraction of sp³-hybridized carbons (Fsp3) is 0.231. The Morgan fingerprint density at radius 3 is 2.58 bits per heavy atom. The van der Waals surface area contributed by atoms with Gasteiger partial charge in [-0.3, -0.25) is 9.48 Å². The summed E-state index contributed by atoms with van der Waals surface area (Å²) in [5.41, 5.74) is 13.6. The van der Waals surface area contributed by atoms with E-state index < -0.39 is 11.7 Å². The number of benzene rings is 1. The van der Waals surface area contributed by atoms with E-state index in [0.717, 1.165) is 11.8 Å². The van der Waals surface area contributed by atoms with Gasteiger partial charge in [-0.2, -0.15) is 5.10 Å². The molecule has 0 atom stereocenters. The Kier molecular flexibility index (Phi) is 3.25. The number of rotatable bonds is 3. The second-order valence-electron chi connectivity index (χ2n) is 4.41. The molecule has 1 heterocycles. The number of primary amides is 1. The van der Waals surface area contributed by atoms with Gasteiger partial charge in [0.15, 0.2) is 0 Å². The molecule has 0 spiro atoms. The first kappa shape index (κ1) is 13.1. The van der Waals surface area contributed by atoms with E-state index in [0.29, 0.717) is 16.9 Å². The Labute approximate surface area is 110 Å². The molecule has 0 aliphatic rings. The zero-order valence-corrected chi connectivity index (χ0v) is 10.8. The second-order valence-corrected chi connectivity index (χ2v) is 4.41. The number of nitrogens with two attached hydrogens (primary N) is 2. The normalized spacial score (nSPS) is 10.7. The fourth-order valence-electron chi connectivity index (χ4n) is 1.85. The van der Waals surface area contributed by atoms with Crippen molar-refractivity contribution in [2.45, 2.75) is 20.4 Å². The summed E-state index contributed by atoms with van der Waals surface area (Å²) in [6.45, 7) is 3.88. The summed E-state index contributed by atoms with van der Waals surface area (Å²) in [5, 5.41) is 4.24. The molecule has 0 aliphatic heterocycles. The van der Waals surface area contributed by atoms with E-state index in [4.69, 9.17) is 11.5 Å². The molecule has 1 aromatic heterocycles. The summed E-state index contributed by atoms with van der Waals surface area (Å²) in [6.07, 6.45) is 0. The molecule has 1 amide bonds. The van der Waals surface area contributed by atoms with Crippen LogP contribution in [-0.2, 0) is 6.54 Å². The van der Waals surface area contributed by atoms with Crippen LogP contribution in [0.2, 0.25) is 0 Å². The number of amides is 1. The minimum Gasteiger partial charge on any atom is -0.396 e. The van der Waals surface area contributed by atoms with E-state index in [1.54, 1.807) is 11.6 Å². The van der Waals surface area contributed by atoms with Crippen molar-refractivity contribution < 1.29 is 9.18 Å². The van der Waals surface area contributed by atoms with Gasteiger partial charge in [-0.05, 0) is 26.0 Å². The Morgan fingerprint density at radius 1 is 1.42 bits per heavy atom. The van der Waals surface area contributed by atoms with Crippen LogP contribution < -0.4 is 11.5 Å². The maximum Gasteiger partial charge on any atom is 0.248 e. The second kappa shape index (κ2) is 4.72. The Hall–Kier alpha value is -2.37. The van der Waals surface area contributed by atoms with Gasteiger partial charge in [0.05, 0.1) is 23.6 Å². The van der Waals surface area contributed by atoms with Gasteiger partial charge >= 0.3 is 0 Å². The van der Waals surface area contributed by atoms with Gasteiger partial charge in [0.25, 0.3) is 0 Å². The lowest BCUT2D eigenvalue weighted by atomic mass is 10.1. The van der Waals surface area contributed by atoms with Crippen molar-refractivity contribution in [2.24, 2.45) is 5.73 Å². The van der Waals surface area contributed by atoms with Crippen LogP contribution in [0.5, 0.6) is 0 Å². The molecule has 6 heteroatoms. The summed E-state index contributed by atoms with van der Waals surface area (Å²) in [4.78, 5) is 10.9. The van der Waals surface area contributed by atoms with E-state index in [-0.39, 0.29) is 12.1 Å². The predicted molar refractivity (Wildman–Crippen MR) is 70.1 cm³/mol. The van der Waals surface area contributed by atoms with Crippen LogP contribution in [0.4, 0.5) is 10.1 Å². The predicted octanol–water partition coefficient (Wildman–Crippen LogP) is 1.37. The molecule has 0 saturated carbocycles. The third kappa shape index (κ3) is 2.42. The van der Waals surface area contributed by atoms with Gasteiger partial charge in [-0.25, -0.2) is 4.39 Å². The minimum absolute atomic E-state index is 0.147. The molecular formula is C13H15FN4O. The van der Waals surface area contributed by atoms with Gasteiger partial charge in [0, 0.05) is 11.1 Å². The van der Waals surface area contributed by atoms with Crippen LogP contribution in [0.15, 0.2) is 18.2 Å². The van der Waals surface area contributed by atoms with E-state index in [9.17, 15) is 9.18 Å². The molecule has 2 aromatic rings. The molecule has 0 unspecified atom stereocenters. The Bertz CT molecular complexity index is 648. The maximum absolute atomic E-state index is 13.9. The molecule has 1 aromatic carbocycles. The molecule has 0 saturated heterocycles. The maximum atomic E-state index is 13.9. The monoisotopic (exact) mass is 262 g/mol. The molecule has 0 fully saturated rings. The van der Waals surface area contributed by atoms with E-state index >= 15 is 0 Å². The summed E-state index contributed by atoms with van der Waals surface area (Å²) in [6, 6.07) is 4.16. The highest BCUT2D eigenvalue weighted by molar-refractivity contribution is 5.92. The van der Waals surface area contributed by atoms with Crippen molar-refractivity contribution >= 4 is 11.6 Å². The lowest BCUT2D eigenvalue weighted by Gasteiger charge is -2.07. The van der Waals surface area contributed by atoms with Crippen LogP contribution in [0, 0.1) is 19.7 Å². The van der Waals surface area contributed by atoms with Gasteiger partial charge in [-0.1, -0.05) is 6.07 Å². The van der Waals surface area contributed by atoms with Crippen LogP contribution in [0.1, 0.15) is 27.3 Å².